The molecule has 1 atom stereocenters. The molecular formula is C30H32N4O2. The van der Waals surface area contributed by atoms with Crippen LogP contribution in [0, 0.1) is 6.92 Å². The minimum absolute atomic E-state index is 0.0352. The maximum Gasteiger partial charge on any atom is 0.322 e. The average molecular weight is 481 g/mol. The summed E-state index contributed by atoms with van der Waals surface area (Å²) in [7, 11) is 0. The van der Waals surface area contributed by atoms with Gasteiger partial charge in [0.15, 0.2) is 0 Å². The smallest absolute Gasteiger partial charge is 0.322 e. The first-order valence-corrected chi connectivity index (χ1v) is 12.6. The van der Waals surface area contributed by atoms with Crippen LogP contribution in [-0.2, 0) is 11.3 Å². The number of anilines is 1. The third-order valence-corrected chi connectivity index (χ3v) is 6.89. The molecule has 4 aromatic rings. The molecule has 0 aliphatic carbocycles. The number of nitrogens with one attached hydrogen (secondary N) is 1. The largest absolute Gasteiger partial charge is 0.348 e. The van der Waals surface area contributed by atoms with Crippen LogP contribution in [-0.4, -0.2) is 45.9 Å². The predicted octanol–water partition coefficient (Wildman–Crippen LogP) is 5.83. The number of amides is 3. The van der Waals surface area contributed by atoms with Gasteiger partial charge in [0.05, 0.1) is 11.7 Å². The van der Waals surface area contributed by atoms with Crippen molar-refractivity contribution in [3.05, 3.63) is 102 Å². The Morgan fingerprint density at radius 3 is 2.53 bits per heavy atom. The molecule has 184 valence electrons. The van der Waals surface area contributed by atoms with Crippen molar-refractivity contribution < 1.29 is 9.59 Å². The maximum atomic E-state index is 13.7. The molecule has 6 heteroatoms. The van der Waals surface area contributed by atoms with E-state index in [4.69, 9.17) is 0 Å². The van der Waals surface area contributed by atoms with Gasteiger partial charge in [0.2, 0.25) is 5.91 Å². The first kappa shape index (κ1) is 23.7. The van der Waals surface area contributed by atoms with Crippen molar-refractivity contribution in [1.82, 2.24) is 14.4 Å². The Hall–Kier alpha value is -4.06. The topological polar surface area (TPSA) is 57.6 Å². The summed E-state index contributed by atoms with van der Waals surface area (Å²) in [5.41, 5.74) is 4.11. The number of hydrogen-bond acceptors (Lipinski definition) is 2. The molecule has 0 fully saturated rings. The van der Waals surface area contributed by atoms with Crippen LogP contribution >= 0.6 is 0 Å². The lowest BCUT2D eigenvalue weighted by Gasteiger charge is -2.38. The molecule has 0 unspecified atom stereocenters. The van der Waals surface area contributed by atoms with Crippen LogP contribution in [0.1, 0.15) is 36.2 Å². The first-order chi connectivity index (χ1) is 17.5. The third kappa shape index (κ3) is 4.71. The summed E-state index contributed by atoms with van der Waals surface area (Å²) in [6.07, 6.45) is 2.83. The Kier molecular flexibility index (Phi) is 6.76. The van der Waals surface area contributed by atoms with Crippen molar-refractivity contribution in [2.75, 3.05) is 25.0 Å². The fraction of sp³-hybridized carbons (Fsp3) is 0.267. The van der Waals surface area contributed by atoms with E-state index in [-0.39, 0.29) is 24.5 Å². The summed E-state index contributed by atoms with van der Waals surface area (Å²) in [5.74, 6) is -0.0467. The lowest BCUT2D eigenvalue weighted by atomic mass is 9.98. The number of nitrogens with zero attached hydrogens (tertiary/aromatic N) is 3. The molecule has 3 amide bonds. The van der Waals surface area contributed by atoms with Crippen molar-refractivity contribution in [3.63, 3.8) is 0 Å². The zero-order valence-electron chi connectivity index (χ0n) is 20.9. The van der Waals surface area contributed by atoms with Gasteiger partial charge < -0.3 is 19.7 Å². The summed E-state index contributed by atoms with van der Waals surface area (Å²) in [5, 5.41) is 5.09. The van der Waals surface area contributed by atoms with E-state index in [1.54, 1.807) is 4.90 Å². The van der Waals surface area contributed by atoms with E-state index in [0.29, 0.717) is 13.1 Å². The third-order valence-electron chi connectivity index (χ3n) is 6.89. The molecule has 1 aliphatic rings. The van der Waals surface area contributed by atoms with Gasteiger partial charge in [-0.05, 0) is 42.5 Å². The normalized spacial score (nSPS) is 14.9. The summed E-state index contributed by atoms with van der Waals surface area (Å²) in [4.78, 5) is 30.6. The molecule has 0 saturated carbocycles. The van der Waals surface area contributed by atoms with E-state index >= 15 is 0 Å². The minimum atomic E-state index is -0.256. The SMILES string of the molecule is CCCN(CC(=O)N1CCn2cccc2[C@H]1c1ccc(C)cc1)C(=O)Nc1cccc2ccccc12. The standard InChI is InChI=1S/C30H32N4O2/c1-3-17-33(30(36)31-26-11-6-9-23-8-4-5-10-25(23)26)21-28(35)34-20-19-32-18-7-12-27(32)29(34)24-15-13-22(2)14-16-24/h4-16,18,29H,3,17,19-21H2,1-2H3,(H,31,36)/t29-/m1/s1. The summed E-state index contributed by atoms with van der Waals surface area (Å²) in [6.45, 7) is 5.96. The van der Waals surface area contributed by atoms with Crippen LogP contribution in [0.5, 0.6) is 0 Å². The summed E-state index contributed by atoms with van der Waals surface area (Å²) in [6, 6.07) is 25.9. The van der Waals surface area contributed by atoms with Crippen molar-refractivity contribution in [2.24, 2.45) is 0 Å². The van der Waals surface area contributed by atoms with Crippen molar-refractivity contribution >= 4 is 28.4 Å². The van der Waals surface area contributed by atoms with Crippen LogP contribution < -0.4 is 5.32 Å². The molecule has 0 bridgehead atoms. The molecule has 2 heterocycles. The van der Waals surface area contributed by atoms with E-state index in [2.05, 4.69) is 53.3 Å². The number of benzene rings is 3. The molecule has 6 nitrogen and oxygen atoms in total. The van der Waals surface area contributed by atoms with Gasteiger partial charge in [0.1, 0.15) is 6.54 Å². The minimum Gasteiger partial charge on any atom is -0.348 e. The Labute approximate surface area is 212 Å². The molecule has 1 aliphatic heterocycles. The molecule has 0 radical (unpaired) electrons. The quantitative estimate of drug-likeness (QED) is 0.378. The number of rotatable bonds is 6. The maximum absolute atomic E-state index is 13.7. The van der Waals surface area contributed by atoms with Gasteiger partial charge in [-0.2, -0.15) is 0 Å². The van der Waals surface area contributed by atoms with Crippen molar-refractivity contribution in [2.45, 2.75) is 32.9 Å². The molecule has 36 heavy (non-hydrogen) atoms. The average Bonchev–Trinajstić information content (AvgIpc) is 3.37. The highest BCUT2D eigenvalue weighted by molar-refractivity contribution is 6.02. The van der Waals surface area contributed by atoms with Crippen LogP contribution in [0.4, 0.5) is 10.5 Å². The Morgan fingerprint density at radius 2 is 1.72 bits per heavy atom. The van der Waals surface area contributed by atoms with E-state index in [1.165, 1.54) is 5.56 Å². The van der Waals surface area contributed by atoms with Crippen molar-refractivity contribution in [3.8, 4) is 0 Å². The Morgan fingerprint density at radius 1 is 0.944 bits per heavy atom. The molecule has 5 rings (SSSR count). The highest BCUT2D eigenvalue weighted by Gasteiger charge is 2.33. The van der Waals surface area contributed by atoms with Crippen molar-refractivity contribution in [1.29, 1.82) is 0 Å². The molecule has 0 saturated heterocycles. The Balaban J connectivity index is 1.38. The first-order valence-electron chi connectivity index (χ1n) is 12.6. The molecule has 3 aromatic carbocycles. The van der Waals surface area contributed by atoms with Gasteiger partial charge in [0, 0.05) is 36.9 Å². The van der Waals surface area contributed by atoms with Crippen LogP contribution in [0.25, 0.3) is 10.8 Å². The van der Waals surface area contributed by atoms with Gasteiger partial charge in [-0.15, -0.1) is 0 Å². The van der Waals surface area contributed by atoms with Crippen LogP contribution in [0.3, 0.4) is 0 Å². The number of carbonyl (C=O) groups excluding carboxylic acids is 2. The zero-order chi connectivity index (χ0) is 25.1. The van der Waals surface area contributed by atoms with Gasteiger partial charge in [-0.25, -0.2) is 4.79 Å². The predicted molar refractivity (Wildman–Crippen MR) is 144 cm³/mol. The number of urea groups is 1. The number of hydrogen-bond donors (Lipinski definition) is 1. The van der Waals surface area contributed by atoms with Crippen LogP contribution in [0.2, 0.25) is 0 Å². The number of aryl methyl sites for hydroxylation is 1. The molecule has 0 spiro atoms. The van der Waals surface area contributed by atoms with E-state index in [1.807, 2.05) is 60.4 Å². The highest BCUT2D eigenvalue weighted by atomic mass is 16.2. The fourth-order valence-corrected chi connectivity index (χ4v) is 5.06. The van der Waals surface area contributed by atoms with Gasteiger partial charge in [0.25, 0.3) is 0 Å². The number of fused-ring (bicyclic) bond motifs is 2. The van der Waals surface area contributed by atoms with E-state index in [9.17, 15) is 9.59 Å². The van der Waals surface area contributed by atoms with E-state index < -0.39 is 0 Å². The van der Waals surface area contributed by atoms with Crippen LogP contribution in [0.15, 0.2) is 85.1 Å². The lowest BCUT2D eigenvalue weighted by Crippen LogP contribution is -2.48. The Bertz CT molecular complexity index is 1370. The number of aromatic nitrogens is 1. The lowest BCUT2D eigenvalue weighted by molar-refractivity contribution is -0.134. The number of carbonyl (C=O) groups is 2. The second-order valence-corrected chi connectivity index (χ2v) is 9.41. The van der Waals surface area contributed by atoms with Gasteiger partial charge in [-0.3, -0.25) is 4.79 Å². The monoisotopic (exact) mass is 480 g/mol. The fourth-order valence-electron chi connectivity index (χ4n) is 5.06. The zero-order valence-corrected chi connectivity index (χ0v) is 20.9. The second kappa shape index (κ2) is 10.3. The molecule has 1 aromatic heterocycles. The second-order valence-electron chi connectivity index (χ2n) is 9.41. The van der Waals surface area contributed by atoms with Gasteiger partial charge in [-0.1, -0.05) is 73.2 Å². The summed E-state index contributed by atoms with van der Waals surface area (Å²) >= 11 is 0. The van der Waals surface area contributed by atoms with E-state index in [0.717, 1.165) is 40.7 Å². The molecule has 1 N–H and O–H groups in total. The summed E-state index contributed by atoms with van der Waals surface area (Å²) < 4.78 is 2.21. The molecular weight excluding hydrogens is 448 g/mol. The van der Waals surface area contributed by atoms with Gasteiger partial charge >= 0.3 is 6.03 Å². The highest BCUT2D eigenvalue weighted by Crippen LogP contribution is 2.33.